The number of hydrogen-bond donors (Lipinski definition) is 1. The molecule has 1 N–H and O–H groups in total. The summed E-state index contributed by atoms with van der Waals surface area (Å²) in [7, 11) is 0. The molecule has 1 unspecified atom stereocenters. The molecule has 0 radical (unpaired) electrons. The lowest BCUT2D eigenvalue weighted by Crippen LogP contribution is -2.22. The fourth-order valence-electron chi connectivity index (χ4n) is 2.39. The van der Waals surface area contributed by atoms with Crippen molar-refractivity contribution in [3.05, 3.63) is 24.0 Å². The monoisotopic (exact) mass is 222 g/mol. The predicted octanol–water partition coefficient (Wildman–Crippen LogP) is 1.53. The summed E-state index contributed by atoms with van der Waals surface area (Å²) in [6.45, 7) is 6.32. The molecule has 0 aliphatic carbocycles. The second kappa shape index (κ2) is 4.70. The van der Waals surface area contributed by atoms with Gasteiger partial charge in [0.2, 0.25) is 0 Å². The van der Waals surface area contributed by atoms with Crippen molar-refractivity contribution >= 4 is 5.97 Å². The summed E-state index contributed by atoms with van der Waals surface area (Å²) in [5, 5.41) is 9.00. The zero-order valence-corrected chi connectivity index (χ0v) is 9.59. The molecule has 1 aliphatic heterocycles. The molecule has 0 amide bonds. The number of likely N-dealkylation sites (tertiary alicyclic amines) is 1. The van der Waals surface area contributed by atoms with E-state index in [9.17, 15) is 4.79 Å². The average molecular weight is 222 g/mol. The Morgan fingerprint density at radius 3 is 3.06 bits per heavy atom. The molecule has 2 rings (SSSR count). The Morgan fingerprint density at radius 1 is 1.62 bits per heavy atom. The highest BCUT2D eigenvalue weighted by Crippen LogP contribution is 2.18. The molecule has 1 fully saturated rings. The van der Waals surface area contributed by atoms with Gasteiger partial charge < -0.3 is 14.6 Å². The van der Waals surface area contributed by atoms with Gasteiger partial charge in [0.25, 0.3) is 0 Å². The number of carboxylic acid groups (broad SMARTS) is 1. The Balaban J connectivity index is 1.99. The molecule has 16 heavy (non-hydrogen) atoms. The molecule has 1 aromatic rings. The highest BCUT2D eigenvalue weighted by atomic mass is 16.4. The minimum atomic E-state index is -0.838. The molecule has 88 valence electrons. The first-order chi connectivity index (χ1) is 7.70. The van der Waals surface area contributed by atoms with E-state index < -0.39 is 5.97 Å². The molecule has 1 aromatic heterocycles. The second-order valence-electron chi connectivity index (χ2n) is 4.40. The smallest absolute Gasteiger partial charge is 0.352 e. The van der Waals surface area contributed by atoms with Gasteiger partial charge in [0.05, 0.1) is 0 Å². The van der Waals surface area contributed by atoms with E-state index in [2.05, 4.69) is 11.8 Å². The largest absolute Gasteiger partial charge is 0.477 e. The van der Waals surface area contributed by atoms with E-state index in [1.54, 1.807) is 12.1 Å². The lowest BCUT2D eigenvalue weighted by Gasteiger charge is -2.14. The lowest BCUT2D eigenvalue weighted by molar-refractivity contribution is 0.0684. The van der Waals surface area contributed by atoms with E-state index in [0.717, 1.165) is 26.2 Å². The Bertz CT molecular complexity index is 373. The van der Waals surface area contributed by atoms with Crippen molar-refractivity contribution in [3.8, 4) is 0 Å². The van der Waals surface area contributed by atoms with Crippen LogP contribution in [-0.4, -0.2) is 40.2 Å². The van der Waals surface area contributed by atoms with Crippen molar-refractivity contribution in [2.24, 2.45) is 5.92 Å². The van der Waals surface area contributed by atoms with Crippen LogP contribution < -0.4 is 0 Å². The van der Waals surface area contributed by atoms with Crippen LogP contribution in [0.5, 0.6) is 0 Å². The maximum atomic E-state index is 10.9. The van der Waals surface area contributed by atoms with E-state index in [4.69, 9.17) is 5.11 Å². The highest BCUT2D eigenvalue weighted by molar-refractivity contribution is 5.85. The summed E-state index contributed by atoms with van der Waals surface area (Å²) in [6.07, 6.45) is 3.03. The highest BCUT2D eigenvalue weighted by Gasteiger charge is 2.22. The molecule has 4 nitrogen and oxygen atoms in total. The molecule has 0 bridgehead atoms. The summed E-state index contributed by atoms with van der Waals surface area (Å²) < 4.78 is 1.85. The summed E-state index contributed by atoms with van der Waals surface area (Å²) in [5.74, 6) is -0.249. The van der Waals surface area contributed by atoms with Gasteiger partial charge in [-0.1, -0.05) is 6.92 Å². The zero-order chi connectivity index (χ0) is 11.5. The molecule has 0 spiro atoms. The normalized spacial score (nSPS) is 21.4. The van der Waals surface area contributed by atoms with E-state index in [1.807, 2.05) is 10.8 Å². The van der Waals surface area contributed by atoms with Crippen LogP contribution in [0.25, 0.3) is 0 Å². The number of carbonyl (C=O) groups is 1. The van der Waals surface area contributed by atoms with Crippen LogP contribution in [-0.2, 0) is 6.54 Å². The van der Waals surface area contributed by atoms with Crippen molar-refractivity contribution < 1.29 is 9.90 Å². The van der Waals surface area contributed by atoms with E-state index in [0.29, 0.717) is 11.6 Å². The molecular formula is C12H18N2O2. The Labute approximate surface area is 95.5 Å². The SMILES string of the molecule is CCN1CCC(Cn2cccc2C(=O)O)C1. The number of nitrogens with zero attached hydrogens (tertiary/aromatic N) is 2. The first-order valence-corrected chi connectivity index (χ1v) is 5.81. The van der Waals surface area contributed by atoms with Crippen LogP contribution in [0.1, 0.15) is 23.8 Å². The fourth-order valence-corrected chi connectivity index (χ4v) is 2.39. The van der Waals surface area contributed by atoms with E-state index >= 15 is 0 Å². The zero-order valence-electron chi connectivity index (χ0n) is 9.59. The maximum absolute atomic E-state index is 10.9. The van der Waals surface area contributed by atoms with Gasteiger partial charge in [-0.15, -0.1) is 0 Å². The first kappa shape index (κ1) is 11.2. The van der Waals surface area contributed by atoms with Crippen LogP contribution >= 0.6 is 0 Å². The Morgan fingerprint density at radius 2 is 2.44 bits per heavy atom. The fraction of sp³-hybridized carbons (Fsp3) is 0.583. The van der Waals surface area contributed by atoms with Gasteiger partial charge in [-0.05, 0) is 37.6 Å². The molecule has 4 heteroatoms. The summed E-state index contributed by atoms with van der Waals surface area (Å²) in [5.41, 5.74) is 0.398. The number of aromatic carboxylic acids is 1. The number of carboxylic acids is 1. The van der Waals surface area contributed by atoms with Gasteiger partial charge in [0.15, 0.2) is 0 Å². The summed E-state index contributed by atoms with van der Waals surface area (Å²) in [4.78, 5) is 13.4. The van der Waals surface area contributed by atoms with Gasteiger partial charge in [0.1, 0.15) is 5.69 Å². The minimum absolute atomic E-state index is 0.398. The standard InChI is InChI=1S/C12H18N2O2/c1-2-13-7-5-10(8-13)9-14-6-3-4-11(14)12(15)16/h3-4,6,10H,2,5,7-9H2,1H3,(H,15,16). The maximum Gasteiger partial charge on any atom is 0.352 e. The third-order valence-corrected chi connectivity index (χ3v) is 3.32. The molecular weight excluding hydrogens is 204 g/mol. The molecule has 1 saturated heterocycles. The van der Waals surface area contributed by atoms with Gasteiger partial charge in [0, 0.05) is 19.3 Å². The van der Waals surface area contributed by atoms with Crippen molar-refractivity contribution in [1.82, 2.24) is 9.47 Å². The molecule has 0 aromatic carbocycles. The Hall–Kier alpha value is -1.29. The number of aromatic nitrogens is 1. The average Bonchev–Trinajstić information content (AvgIpc) is 2.87. The summed E-state index contributed by atoms with van der Waals surface area (Å²) >= 11 is 0. The Kier molecular flexibility index (Phi) is 3.29. The minimum Gasteiger partial charge on any atom is -0.477 e. The van der Waals surface area contributed by atoms with Crippen molar-refractivity contribution in [2.75, 3.05) is 19.6 Å². The van der Waals surface area contributed by atoms with Crippen LogP contribution in [0.2, 0.25) is 0 Å². The van der Waals surface area contributed by atoms with E-state index in [1.165, 1.54) is 6.42 Å². The van der Waals surface area contributed by atoms with E-state index in [-0.39, 0.29) is 0 Å². The molecule has 0 saturated carbocycles. The van der Waals surface area contributed by atoms with Crippen LogP contribution in [0.15, 0.2) is 18.3 Å². The van der Waals surface area contributed by atoms with Crippen LogP contribution in [0.3, 0.4) is 0 Å². The third kappa shape index (κ3) is 2.27. The van der Waals surface area contributed by atoms with Crippen LogP contribution in [0.4, 0.5) is 0 Å². The van der Waals surface area contributed by atoms with Crippen molar-refractivity contribution in [1.29, 1.82) is 0 Å². The third-order valence-electron chi connectivity index (χ3n) is 3.32. The van der Waals surface area contributed by atoms with Gasteiger partial charge >= 0.3 is 5.97 Å². The van der Waals surface area contributed by atoms with Gasteiger partial charge in [-0.2, -0.15) is 0 Å². The van der Waals surface area contributed by atoms with Gasteiger partial charge in [-0.3, -0.25) is 0 Å². The van der Waals surface area contributed by atoms with Crippen LogP contribution in [0, 0.1) is 5.92 Å². The van der Waals surface area contributed by atoms with Crippen molar-refractivity contribution in [2.45, 2.75) is 19.9 Å². The van der Waals surface area contributed by atoms with Crippen molar-refractivity contribution in [3.63, 3.8) is 0 Å². The van der Waals surface area contributed by atoms with Gasteiger partial charge in [-0.25, -0.2) is 4.79 Å². The number of rotatable bonds is 4. The first-order valence-electron chi connectivity index (χ1n) is 5.81. The second-order valence-corrected chi connectivity index (χ2v) is 4.40. The topological polar surface area (TPSA) is 45.5 Å². The predicted molar refractivity (Wildman–Crippen MR) is 61.6 cm³/mol. The number of hydrogen-bond acceptors (Lipinski definition) is 2. The quantitative estimate of drug-likeness (QED) is 0.840. The summed E-state index contributed by atoms with van der Waals surface area (Å²) in [6, 6.07) is 3.46. The molecule has 1 aliphatic rings. The molecule has 2 heterocycles. The molecule has 1 atom stereocenters. The lowest BCUT2D eigenvalue weighted by atomic mass is 10.1.